The summed E-state index contributed by atoms with van der Waals surface area (Å²) >= 11 is 0. The van der Waals surface area contributed by atoms with Crippen molar-refractivity contribution in [2.75, 3.05) is 14.2 Å². The van der Waals surface area contributed by atoms with Gasteiger partial charge in [0.05, 0.1) is 18.1 Å². The third-order valence-corrected chi connectivity index (χ3v) is 4.52. The van der Waals surface area contributed by atoms with Crippen LogP contribution in [0.4, 0.5) is 5.69 Å². The summed E-state index contributed by atoms with van der Waals surface area (Å²) in [4.78, 5) is 28.0. The average molecular weight is 353 g/mol. The third kappa shape index (κ3) is 3.23. The minimum atomic E-state index is -0.441. The topological polar surface area (TPSA) is 88.5 Å². The van der Waals surface area contributed by atoms with Crippen LogP contribution in [0.1, 0.15) is 29.0 Å². The summed E-state index contributed by atoms with van der Waals surface area (Å²) in [5.74, 6) is 0.510. The zero-order valence-electron chi connectivity index (χ0n) is 14.7. The zero-order chi connectivity index (χ0) is 18.8. The number of H-pyrrole nitrogens is 1. The standard InChI is InChI=1S/C19H19N3O4/c1-12(13-5-4-6-15(9-13)22(24)25)21(2)19(23)18-10-14-7-8-16(26-3)11-17(14)20-18/h4-12,20H,1-3H3/t12-/m0/s1. The van der Waals surface area contributed by atoms with E-state index in [4.69, 9.17) is 4.74 Å². The largest absolute Gasteiger partial charge is 0.497 e. The number of rotatable bonds is 5. The number of amides is 1. The summed E-state index contributed by atoms with van der Waals surface area (Å²) in [6.07, 6.45) is 0. The molecule has 1 aromatic heterocycles. The van der Waals surface area contributed by atoms with Crippen molar-refractivity contribution in [2.24, 2.45) is 0 Å². The summed E-state index contributed by atoms with van der Waals surface area (Å²) in [5, 5.41) is 11.9. The van der Waals surface area contributed by atoms with Crippen LogP contribution in [-0.4, -0.2) is 34.9 Å². The Morgan fingerprint density at radius 2 is 2.00 bits per heavy atom. The summed E-state index contributed by atoms with van der Waals surface area (Å²) in [7, 11) is 3.27. The van der Waals surface area contributed by atoms with Crippen LogP contribution >= 0.6 is 0 Å². The van der Waals surface area contributed by atoms with Crippen LogP contribution in [0.5, 0.6) is 5.75 Å². The maximum atomic E-state index is 12.8. The van der Waals surface area contributed by atoms with E-state index >= 15 is 0 Å². The van der Waals surface area contributed by atoms with Gasteiger partial charge in [-0.25, -0.2) is 0 Å². The number of nitrogens with one attached hydrogen (secondary N) is 1. The first kappa shape index (κ1) is 17.5. The molecule has 0 aliphatic rings. The predicted molar refractivity (Wildman–Crippen MR) is 98.5 cm³/mol. The fourth-order valence-electron chi connectivity index (χ4n) is 2.84. The lowest BCUT2D eigenvalue weighted by molar-refractivity contribution is -0.384. The predicted octanol–water partition coefficient (Wildman–Crippen LogP) is 3.92. The minimum Gasteiger partial charge on any atom is -0.497 e. The number of methoxy groups -OCH3 is 1. The first-order chi connectivity index (χ1) is 12.4. The normalized spacial score (nSPS) is 12.0. The van der Waals surface area contributed by atoms with E-state index in [2.05, 4.69) is 4.98 Å². The van der Waals surface area contributed by atoms with Gasteiger partial charge in [0.1, 0.15) is 11.4 Å². The van der Waals surface area contributed by atoms with Crippen LogP contribution < -0.4 is 4.74 Å². The van der Waals surface area contributed by atoms with Gasteiger partial charge < -0.3 is 14.6 Å². The van der Waals surface area contributed by atoms with E-state index in [1.165, 1.54) is 12.1 Å². The molecular weight excluding hydrogens is 334 g/mol. The summed E-state index contributed by atoms with van der Waals surface area (Å²) in [6.45, 7) is 1.84. The molecule has 0 spiro atoms. The molecule has 7 heteroatoms. The lowest BCUT2D eigenvalue weighted by Crippen LogP contribution is -2.29. The fourth-order valence-corrected chi connectivity index (χ4v) is 2.84. The first-order valence-corrected chi connectivity index (χ1v) is 8.09. The number of non-ortho nitro benzene ring substituents is 1. The number of hydrogen-bond donors (Lipinski definition) is 1. The average Bonchev–Trinajstić information content (AvgIpc) is 3.09. The molecule has 1 N–H and O–H groups in total. The molecule has 0 unspecified atom stereocenters. The van der Waals surface area contributed by atoms with E-state index in [0.717, 1.165) is 10.9 Å². The number of nitro groups is 1. The van der Waals surface area contributed by atoms with E-state index in [1.54, 1.807) is 37.3 Å². The molecule has 1 atom stereocenters. The van der Waals surface area contributed by atoms with Gasteiger partial charge in [-0.05, 0) is 30.7 Å². The number of carbonyl (C=O) groups is 1. The minimum absolute atomic E-state index is 0.00732. The Morgan fingerprint density at radius 3 is 2.69 bits per heavy atom. The molecule has 2 aromatic carbocycles. The molecule has 134 valence electrons. The molecule has 1 heterocycles. The Bertz CT molecular complexity index is 980. The van der Waals surface area contributed by atoms with Crippen molar-refractivity contribution in [2.45, 2.75) is 13.0 Å². The molecule has 0 aliphatic heterocycles. The van der Waals surface area contributed by atoms with Crippen LogP contribution in [0.3, 0.4) is 0 Å². The van der Waals surface area contributed by atoms with Gasteiger partial charge in [0, 0.05) is 36.1 Å². The third-order valence-electron chi connectivity index (χ3n) is 4.52. The number of carbonyl (C=O) groups excluding carboxylic acids is 1. The molecule has 0 saturated carbocycles. The maximum absolute atomic E-state index is 12.8. The van der Waals surface area contributed by atoms with E-state index in [9.17, 15) is 14.9 Å². The SMILES string of the molecule is COc1ccc2cc(C(=O)N(C)[C@@H](C)c3cccc([N+](=O)[O-])c3)[nH]c2c1. The van der Waals surface area contributed by atoms with Gasteiger partial charge in [-0.2, -0.15) is 0 Å². The second kappa shape index (κ2) is 6.87. The molecule has 0 saturated heterocycles. The number of benzene rings is 2. The van der Waals surface area contributed by atoms with Crippen molar-refractivity contribution in [1.82, 2.24) is 9.88 Å². The van der Waals surface area contributed by atoms with Crippen molar-refractivity contribution >= 4 is 22.5 Å². The highest BCUT2D eigenvalue weighted by atomic mass is 16.6. The van der Waals surface area contributed by atoms with Gasteiger partial charge >= 0.3 is 0 Å². The number of aromatic amines is 1. The van der Waals surface area contributed by atoms with E-state index < -0.39 is 4.92 Å². The highest BCUT2D eigenvalue weighted by molar-refractivity contribution is 5.98. The molecular formula is C19H19N3O4. The lowest BCUT2D eigenvalue weighted by Gasteiger charge is -2.24. The van der Waals surface area contributed by atoms with E-state index in [0.29, 0.717) is 17.0 Å². The monoisotopic (exact) mass is 353 g/mol. The van der Waals surface area contributed by atoms with Gasteiger partial charge in [-0.15, -0.1) is 0 Å². The number of hydrogen-bond acceptors (Lipinski definition) is 4. The first-order valence-electron chi connectivity index (χ1n) is 8.09. The number of ether oxygens (including phenoxy) is 1. The zero-order valence-corrected chi connectivity index (χ0v) is 14.7. The molecule has 7 nitrogen and oxygen atoms in total. The molecule has 26 heavy (non-hydrogen) atoms. The number of aromatic nitrogens is 1. The van der Waals surface area contributed by atoms with Gasteiger partial charge in [0.15, 0.2) is 0 Å². The molecule has 3 aromatic rings. The molecule has 0 aliphatic carbocycles. The summed E-state index contributed by atoms with van der Waals surface area (Å²) in [5.41, 5.74) is 1.97. The van der Waals surface area contributed by atoms with Crippen molar-refractivity contribution < 1.29 is 14.5 Å². The second-order valence-corrected chi connectivity index (χ2v) is 6.08. The molecule has 0 fully saturated rings. The molecule has 1 amide bonds. The molecule has 0 bridgehead atoms. The quantitative estimate of drug-likeness (QED) is 0.556. The highest BCUT2D eigenvalue weighted by Crippen LogP contribution is 2.26. The Balaban J connectivity index is 1.87. The van der Waals surface area contributed by atoms with Crippen LogP contribution in [0.15, 0.2) is 48.5 Å². The molecule has 3 rings (SSSR count). The highest BCUT2D eigenvalue weighted by Gasteiger charge is 2.22. The Kier molecular flexibility index (Phi) is 4.62. The van der Waals surface area contributed by atoms with Crippen molar-refractivity contribution in [3.63, 3.8) is 0 Å². The van der Waals surface area contributed by atoms with Crippen LogP contribution in [-0.2, 0) is 0 Å². The Labute approximate surface area is 150 Å². The second-order valence-electron chi connectivity index (χ2n) is 6.08. The fraction of sp³-hybridized carbons (Fsp3) is 0.211. The van der Waals surface area contributed by atoms with E-state index in [1.807, 2.05) is 25.1 Å². The Hall–Kier alpha value is -3.35. The maximum Gasteiger partial charge on any atom is 0.270 e. The lowest BCUT2D eigenvalue weighted by atomic mass is 10.1. The van der Waals surface area contributed by atoms with Gasteiger partial charge in [-0.3, -0.25) is 14.9 Å². The van der Waals surface area contributed by atoms with Crippen LogP contribution in [0, 0.1) is 10.1 Å². The number of nitrogens with zero attached hydrogens (tertiary/aromatic N) is 2. The number of nitro benzene ring substituents is 1. The Morgan fingerprint density at radius 1 is 1.23 bits per heavy atom. The van der Waals surface area contributed by atoms with Crippen LogP contribution in [0.25, 0.3) is 10.9 Å². The number of fused-ring (bicyclic) bond motifs is 1. The van der Waals surface area contributed by atoms with Crippen LogP contribution in [0.2, 0.25) is 0 Å². The van der Waals surface area contributed by atoms with Crippen molar-refractivity contribution in [3.05, 3.63) is 69.9 Å². The van der Waals surface area contributed by atoms with Crippen molar-refractivity contribution in [1.29, 1.82) is 0 Å². The smallest absolute Gasteiger partial charge is 0.270 e. The summed E-state index contributed by atoms with van der Waals surface area (Å²) in [6, 6.07) is 13.3. The molecule has 0 radical (unpaired) electrons. The van der Waals surface area contributed by atoms with Crippen molar-refractivity contribution in [3.8, 4) is 5.75 Å². The van der Waals surface area contributed by atoms with Gasteiger partial charge in [0.2, 0.25) is 0 Å². The summed E-state index contributed by atoms with van der Waals surface area (Å²) < 4.78 is 5.20. The van der Waals surface area contributed by atoms with E-state index in [-0.39, 0.29) is 17.6 Å². The van der Waals surface area contributed by atoms with Gasteiger partial charge in [0.25, 0.3) is 11.6 Å². The van der Waals surface area contributed by atoms with Gasteiger partial charge in [-0.1, -0.05) is 12.1 Å².